The number of ether oxygens (including phenoxy) is 1. The molecule has 0 amide bonds. The maximum atomic E-state index is 12.0. The largest absolute Gasteiger partial charge is 0.389 e. The fourth-order valence-corrected chi connectivity index (χ4v) is 1.56. The molecule has 5 heteroatoms. The molecule has 14 heavy (non-hydrogen) atoms. The first-order chi connectivity index (χ1) is 6.47. The standard InChI is InChI=1S/C9H12F3NO/c10-9(11,12)2-1-8(7-13)3-5-14-6-4-8/h1-6H2. The fraction of sp³-hybridized carbons (Fsp3) is 0.889. The average Bonchev–Trinajstić information content (AvgIpc) is 2.15. The van der Waals surface area contributed by atoms with E-state index in [1.54, 1.807) is 0 Å². The molecule has 0 spiro atoms. The van der Waals surface area contributed by atoms with Crippen molar-refractivity contribution in [2.75, 3.05) is 13.2 Å². The molecule has 0 atom stereocenters. The number of alkyl halides is 3. The highest BCUT2D eigenvalue weighted by Crippen LogP contribution is 2.37. The molecule has 0 aromatic carbocycles. The predicted octanol–water partition coefficient (Wildman–Crippen LogP) is 2.65. The van der Waals surface area contributed by atoms with E-state index in [1.807, 2.05) is 6.07 Å². The van der Waals surface area contributed by atoms with E-state index in [1.165, 1.54) is 0 Å². The van der Waals surface area contributed by atoms with E-state index >= 15 is 0 Å². The lowest BCUT2D eigenvalue weighted by atomic mass is 9.78. The van der Waals surface area contributed by atoms with E-state index in [0.717, 1.165) is 0 Å². The smallest absolute Gasteiger partial charge is 0.381 e. The summed E-state index contributed by atoms with van der Waals surface area (Å²) in [4.78, 5) is 0. The van der Waals surface area contributed by atoms with Crippen molar-refractivity contribution in [2.24, 2.45) is 5.41 Å². The number of nitriles is 1. The highest BCUT2D eigenvalue weighted by molar-refractivity contribution is 5.00. The van der Waals surface area contributed by atoms with Crippen LogP contribution in [0.15, 0.2) is 0 Å². The van der Waals surface area contributed by atoms with E-state index in [0.29, 0.717) is 26.1 Å². The molecule has 0 bridgehead atoms. The summed E-state index contributed by atoms with van der Waals surface area (Å²) in [5.74, 6) is 0. The second-order valence-electron chi connectivity index (χ2n) is 3.62. The van der Waals surface area contributed by atoms with Gasteiger partial charge in [-0.3, -0.25) is 0 Å². The first-order valence-electron chi connectivity index (χ1n) is 4.53. The third kappa shape index (κ3) is 3.18. The molecule has 1 fully saturated rings. The topological polar surface area (TPSA) is 33.0 Å². The lowest BCUT2D eigenvalue weighted by molar-refractivity contribution is -0.141. The minimum Gasteiger partial charge on any atom is -0.381 e. The third-order valence-corrected chi connectivity index (χ3v) is 2.57. The summed E-state index contributed by atoms with van der Waals surface area (Å²) in [6.07, 6.45) is -4.31. The van der Waals surface area contributed by atoms with Crippen LogP contribution in [0.25, 0.3) is 0 Å². The van der Waals surface area contributed by atoms with Crippen LogP contribution in [0.2, 0.25) is 0 Å². The van der Waals surface area contributed by atoms with E-state index in [9.17, 15) is 13.2 Å². The Morgan fingerprint density at radius 3 is 2.29 bits per heavy atom. The molecule has 0 aliphatic carbocycles. The van der Waals surface area contributed by atoms with Crippen molar-refractivity contribution in [2.45, 2.75) is 31.9 Å². The zero-order chi connectivity index (χ0) is 10.7. The van der Waals surface area contributed by atoms with Crippen LogP contribution < -0.4 is 0 Å². The fourth-order valence-electron chi connectivity index (χ4n) is 1.56. The van der Waals surface area contributed by atoms with Gasteiger partial charge in [0.15, 0.2) is 0 Å². The van der Waals surface area contributed by atoms with Crippen molar-refractivity contribution in [1.82, 2.24) is 0 Å². The molecule has 1 heterocycles. The number of halogens is 3. The van der Waals surface area contributed by atoms with Gasteiger partial charge in [-0.05, 0) is 19.3 Å². The summed E-state index contributed by atoms with van der Waals surface area (Å²) in [5, 5.41) is 8.87. The van der Waals surface area contributed by atoms with Crippen LogP contribution >= 0.6 is 0 Å². The monoisotopic (exact) mass is 207 g/mol. The Labute approximate surface area is 80.7 Å². The molecular formula is C9H12F3NO. The minimum absolute atomic E-state index is 0.101. The summed E-state index contributed by atoms with van der Waals surface area (Å²) < 4.78 is 41.0. The van der Waals surface area contributed by atoms with Crippen molar-refractivity contribution in [3.05, 3.63) is 0 Å². The van der Waals surface area contributed by atoms with Gasteiger partial charge in [0.1, 0.15) is 0 Å². The molecule has 0 unspecified atom stereocenters. The molecule has 1 aliphatic rings. The normalized spacial score (nSPS) is 21.6. The lowest BCUT2D eigenvalue weighted by Gasteiger charge is -2.30. The molecule has 1 aliphatic heterocycles. The molecule has 0 N–H and O–H groups in total. The quantitative estimate of drug-likeness (QED) is 0.697. The molecule has 0 radical (unpaired) electrons. The number of nitrogens with zero attached hydrogens (tertiary/aromatic N) is 1. The van der Waals surface area contributed by atoms with Gasteiger partial charge in [-0.15, -0.1) is 0 Å². The van der Waals surface area contributed by atoms with E-state index in [2.05, 4.69) is 0 Å². The van der Waals surface area contributed by atoms with Gasteiger partial charge in [0.2, 0.25) is 0 Å². The molecule has 0 aromatic heterocycles. The van der Waals surface area contributed by atoms with Crippen LogP contribution in [-0.4, -0.2) is 19.4 Å². The van der Waals surface area contributed by atoms with Gasteiger partial charge in [0.05, 0.1) is 11.5 Å². The molecule has 2 nitrogen and oxygen atoms in total. The number of hydrogen-bond donors (Lipinski definition) is 0. The average molecular weight is 207 g/mol. The summed E-state index contributed by atoms with van der Waals surface area (Å²) >= 11 is 0. The van der Waals surface area contributed by atoms with Crippen LogP contribution in [0.3, 0.4) is 0 Å². The highest BCUT2D eigenvalue weighted by Gasteiger charge is 2.37. The molecule has 0 saturated carbocycles. The molecule has 1 saturated heterocycles. The minimum atomic E-state index is -4.16. The van der Waals surface area contributed by atoms with Crippen molar-refractivity contribution >= 4 is 0 Å². The second-order valence-corrected chi connectivity index (χ2v) is 3.62. The van der Waals surface area contributed by atoms with Crippen molar-refractivity contribution in [3.63, 3.8) is 0 Å². The summed E-state index contributed by atoms with van der Waals surface area (Å²) in [7, 11) is 0. The van der Waals surface area contributed by atoms with Crippen LogP contribution in [0.1, 0.15) is 25.7 Å². The molecule has 80 valence electrons. The summed E-state index contributed by atoms with van der Waals surface area (Å²) in [6, 6.07) is 2.01. The lowest BCUT2D eigenvalue weighted by Crippen LogP contribution is -2.29. The Bertz CT molecular complexity index is 225. The first-order valence-corrected chi connectivity index (χ1v) is 4.53. The van der Waals surface area contributed by atoms with Crippen molar-refractivity contribution in [1.29, 1.82) is 5.26 Å². The third-order valence-electron chi connectivity index (χ3n) is 2.57. The zero-order valence-corrected chi connectivity index (χ0v) is 7.73. The van der Waals surface area contributed by atoms with Gasteiger partial charge in [0.25, 0.3) is 0 Å². The Kier molecular flexibility index (Phi) is 3.38. The maximum absolute atomic E-state index is 12.0. The highest BCUT2D eigenvalue weighted by atomic mass is 19.4. The number of rotatable bonds is 2. The van der Waals surface area contributed by atoms with Crippen molar-refractivity contribution < 1.29 is 17.9 Å². The van der Waals surface area contributed by atoms with Gasteiger partial charge in [-0.25, -0.2) is 0 Å². The SMILES string of the molecule is N#CC1(CCC(F)(F)F)CCOCC1. The Morgan fingerprint density at radius 2 is 1.86 bits per heavy atom. The van der Waals surface area contributed by atoms with Crippen molar-refractivity contribution in [3.8, 4) is 6.07 Å². The Morgan fingerprint density at radius 1 is 1.29 bits per heavy atom. The van der Waals surface area contributed by atoms with Crippen LogP contribution in [0.5, 0.6) is 0 Å². The Balaban J connectivity index is 2.50. The van der Waals surface area contributed by atoms with E-state index in [4.69, 9.17) is 10.00 Å². The number of hydrogen-bond acceptors (Lipinski definition) is 2. The van der Waals surface area contributed by atoms with Gasteiger partial charge in [-0.2, -0.15) is 18.4 Å². The van der Waals surface area contributed by atoms with Gasteiger partial charge >= 0.3 is 6.18 Å². The molecule has 0 aromatic rings. The van der Waals surface area contributed by atoms with Gasteiger partial charge in [0, 0.05) is 19.6 Å². The molecule has 1 rings (SSSR count). The first kappa shape index (κ1) is 11.3. The van der Waals surface area contributed by atoms with E-state index < -0.39 is 18.0 Å². The van der Waals surface area contributed by atoms with Crippen LogP contribution in [0.4, 0.5) is 13.2 Å². The molecular weight excluding hydrogens is 195 g/mol. The van der Waals surface area contributed by atoms with Crippen LogP contribution in [0, 0.1) is 16.7 Å². The summed E-state index contributed by atoms with van der Waals surface area (Å²) in [6.45, 7) is 0.789. The Hall–Kier alpha value is -0.760. The van der Waals surface area contributed by atoms with Gasteiger partial charge in [-0.1, -0.05) is 0 Å². The van der Waals surface area contributed by atoms with Gasteiger partial charge < -0.3 is 4.74 Å². The van der Waals surface area contributed by atoms with Crippen LogP contribution in [-0.2, 0) is 4.74 Å². The maximum Gasteiger partial charge on any atom is 0.389 e. The zero-order valence-electron chi connectivity index (χ0n) is 7.73. The second kappa shape index (κ2) is 4.18. The predicted molar refractivity (Wildman–Crippen MR) is 43.4 cm³/mol. The summed E-state index contributed by atoms with van der Waals surface area (Å²) in [5.41, 5.74) is -0.812. The van der Waals surface area contributed by atoms with E-state index in [-0.39, 0.29) is 6.42 Å².